The lowest BCUT2D eigenvalue weighted by Crippen LogP contribution is -2.33. The smallest absolute Gasteiger partial charge is 0.295 e. The zero-order chi connectivity index (χ0) is 27.2. The first kappa shape index (κ1) is 26.8. The molecule has 0 saturated carbocycles. The van der Waals surface area contributed by atoms with Crippen LogP contribution >= 0.6 is 0 Å². The molecule has 0 aromatic heterocycles. The first-order valence-electron chi connectivity index (χ1n) is 12.3. The second-order valence-electron chi connectivity index (χ2n) is 8.97. The van der Waals surface area contributed by atoms with E-state index in [1.54, 1.807) is 42.5 Å². The fourth-order valence-electron chi connectivity index (χ4n) is 4.36. The summed E-state index contributed by atoms with van der Waals surface area (Å²) in [6, 6.07) is 20.4. The molecule has 0 bridgehead atoms. The molecule has 1 aliphatic rings. The molecule has 1 aliphatic heterocycles. The fraction of sp³-hybridized carbons (Fsp3) is 0.267. The normalized spacial score (nSPS) is 16.7. The molecule has 1 amide bonds. The van der Waals surface area contributed by atoms with Crippen LogP contribution in [-0.4, -0.2) is 55.2 Å². The molecular formula is C30H31NO7. The third-order valence-corrected chi connectivity index (χ3v) is 6.13. The van der Waals surface area contributed by atoms with Crippen LogP contribution < -0.4 is 14.2 Å². The van der Waals surface area contributed by atoms with Gasteiger partial charge in [0.25, 0.3) is 11.7 Å². The van der Waals surface area contributed by atoms with E-state index < -0.39 is 17.7 Å². The van der Waals surface area contributed by atoms with Gasteiger partial charge in [0.1, 0.15) is 17.3 Å². The van der Waals surface area contributed by atoms with Crippen LogP contribution in [0.2, 0.25) is 0 Å². The van der Waals surface area contributed by atoms with Crippen molar-refractivity contribution >= 4 is 17.4 Å². The molecule has 1 N–H and O–H groups in total. The van der Waals surface area contributed by atoms with Gasteiger partial charge in [0.2, 0.25) is 0 Å². The second kappa shape index (κ2) is 11.8. The molecule has 0 radical (unpaired) electrons. The number of amides is 1. The fourth-order valence-corrected chi connectivity index (χ4v) is 4.36. The molecule has 3 aromatic carbocycles. The minimum atomic E-state index is -0.849. The molecule has 1 heterocycles. The van der Waals surface area contributed by atoms with E-state index in [4.69, 9.17) is 18.9 Å². The first-order valence-corrected chi connectivity index (χ1v) is 12.3. The number of nitrogens with zero attached hydrogens (tertiary/aromatic N) is 1. The van der Waals surface area contributed by atoms with Crippen molar-refractivity contribution in [3.63, 3.8) is 0 Å². The molecule has 8 nitrogen and oxygen atoms in total. The summed E-state index contributed by atoms with van der Waals surface area (Å²) in [5.74, 6) is 0.234. The molecule has 8 heteroatoms. The van der Waals surface area contributed by atoms with E-state index in [1.807, 2.05) is 44.2 Å². The number of likely N-dealkylation sites (tertiary alicyclic amines) is 1. The number of aliphatic hydroxyl groups excluding tert-OH is 1. The molecule has 0 spiro atoms. The van der Waals surface area contributed by atoms with Crippen LogP contribution in [0.5, 0.6) is 23.0 Å². The predicted molar refractivity (Wildman–Crippen MR) is 143 cm³/mol. The van der Waals surface area contributed by atoms with Crippen molar-refractivity contribution < 1.29 is 33.6 Å². The van der Waals surface area contributed by atoms with Crippen molar-refractivity contribution in [1.82, 2.24) is 4.90 Å². The highest BCUT2D eigenvalue weighted by Gasteiger charge is 2.46. The van der Waals surface area contributed by atoms with Crippen LogP contribution in [0.3, 0.4) is 0 Å². The monoisotopic (exact) mass is 517 g/mol. The van der Waals surface area contributed by atoms with Gasteiger partial charge in [-0.3, -0.25) is 9.59 Å². The molecule has 38 heavy (non-hydrogen) atoms. The van der Waals surface area contributed by atoms with Gasteiger partial charge in [-0.05, 0) is 61.9 Å². The highest BCUT2D eigenvalue weighted by Crippen LogP contribution is 2.41. The van der Waals surface area contributed by atoms with Crippen molar-refractivity contribution in [1.29, 1.82) is 0 Å². The Morgan fingerprint density at radius 1 is 0.895 bits per heavy atom. The van der Waals surface area contributed by atoms with E-state index in [1.165, 1.54) is 19.1 Å². The topological polar surface area (TPSA) is 94.5 Å². The van der Waals surface area contributed by atoms with Gasteiger partial charge >= 0.3 is 0 Å². The molecule has 0 aliphatic carbocycles. The van der Waals surface area contributed by atoms with E-state index in [0.29, 0.717) is 34.1 Å². The van der Waals surface area contributed by atoms with E-state index in [9.17, 15) is 14.7 Å². The van der Waals surface area contributed by atoms with Crippen molar-refractivity contribution in [2.24, 2.45) is 0 Å². The number of aliphatic hydroxyl groups is 1. The lowest BCUT2D eigenvalue weighted by molar-refractivity contribution is -0.140. The van der Waals surface area contributed by atoms with Gasteiger partial charge in [-0.1, -0.05) is 30.3 Å². The average molecular weight is 518 g/mol. The Bertz CT molecular complexity index is 1330. The molecular weight excluding hydrogens is 486 g/mol. The number of hydrogen-bond acceptors (Lipinski definition) is 7. The van der Waals surface area contributed by atoms with Crippen LogP contribution in [0.1, 0.15) is 31.0 Å². The Balaban J connectivity index is 1.80. The Labute approximate surface area is 222 Å². The lowest BCUT2D eigenvalue weighted by Gasteiger charge is -2.26. The molecule has 198 valence electrons. The van der Waals surface area contributed by atoms with Gasteiger partial charge < -0.3 is 29.0 Å². The molecule has 1 saturated heterocycles. The van der Waals surface area contributed by atoms with E-state index in [-0.39, 0.29) is 30.6 Å². The number of rotatable bonds is 10. The Morgan fingerprint density at radius 3 is 2.29 bits per heavy atom. The molecule has 1 atom stereocenters. The zero-order valence-electron chi connectivity index (χ0n) is 21.8. The number of para-hydroxylation sites is 1. The summed E-state index contributed by atoms with van der Waals surface area (Å²) >= 11 is 0. The number of carbonyl (C=O) groups excluding carboxylic acids is 2. The summed E-state index contributed by atoms with van der Waals surface area (Å²) in [7, 11) is 2.99. The number of methoxy groups -OCH3 is 2. The first-order chi connectivity index (χ1) is 18.3. The average Bonchev–Trinajstić information content (AvgIpc) is 3.18. The van der Waals surface area contributed by atoms with Crippen molar-refractivity contribution in [3.8, 4) is 23.0 Å². The molecule has 1 fully saturated rings. The zero-order valence-corrected chi connectivity index (χ0v) is 21.8. The minimum absolute atomic E-state index is 0.0244. The van der Waals surface area contributed by atoms with Gasteiger partial charge in [0.05, 0.1) is 38.5 Å². The van der Waals surface area contributed by atoms with E-state index in [0.717, 1.165) is 0 Å². The highest BCUT2D eigenvalue weighted by molar-refractivity contribution is 6.46. The van der Waals surface area contributed by atoms with Gasteiger partial charge in [0, 0.05) is 12.1 Å². The Morgan fingerprint density at radius 2 is 1.61 bits per heavy atom. The highest BCUT2D eigenvalue weighted by atomic mass is 16.5. The Hall–Kier alpha value is -4.30. The SMILES string of the molecule is COc1ccc(/C(O)=C2\C(=O)C(=O)N(CCOC(C)C)C2c2cccc(Oc3ccccc3)c2)cc1OC. The number of ether oxygens (including phenoxy) is 4. The molecule has 4 rings (SSSR count). The van der Waals surface area contributed by atoms with Crippen molar-refractivity contribution in [2.75, 3.05) is 27.4 Å². The van der Waals surface area contributed by atoms with Crippen LogP contribution in [0, 0.1) is 0 Å². The van der Waals surface area contributed by atoms with Crippen LogP contribution in [-0.2, 0) is 14.3 Å². The van der Waals surface area contributed by atoms with Crippen LogP contribution in [0.4, 0.5) is 0 Å². The number of hydrogen-bond donors (Lipinski definition) is 1. The van der Waals surface area contributed by atoms with E-state index in [2.05, 4.69) is 0 Å². The maximum atomic E-state index is 13.3. The summed E-state index contributed by atoms with van der Waals surface area (Å²) in [6.07, 6.45) is -0.0420. The van der Waals surface area contributed by atoms with Crippen molar-refractivity contribution in [2.45, 2.75) is 26.0 Å². The largest absolute Gasteiger partial charge is 0.507 e. The van der Waals surface area contributed by atoms with Crippen LogP contribution in [0.15, 0.2) is 78.4 Å². The summed E-state index contributed by atoms with van der Waals surface area (Å²) in [5.41, 5.74) is 0.911. The second-order valence-corrected chi connectivity index (χ2v) is 8.97. The van der Waals surface area contributed by atoms with Crippen LogP contribution in [0.25, 0.3) is 5.76 Å². The number of benzene rings is 3. The quantitative estimate of drug-likeness (QED) is 0.220. The van der Waals surface area contributed by atoms with E-state index >= 15 is 0 Å². The number of ketones is 1. The maximum Gasteiger partial charge on any atom is 0.295 e. The standard InChI is InChI=1S/C30H31NO7/c1-19(2)37-16-15-31-27(20-9-8-12-23(17-20)38-22-10-6-5-7-11-22)26(29(33)30(31)34)28(32)21-13-14-24(35-3)25(18-21)36-4/h5-14,17-19,27,32H,15-16H2,1-4H3/b28-26+. The molecule has 3 aromatic rings. The third-order valence-electron chi connectivity index (χ3n) is 6.13. The third kappa shape index (κ3) is 5.65. The van der Waals surface area contributed by atoms with Gasteiger partial charge in [-0.15, -0.1) is 0 Å². The summed E-state index contributed by atoms with van der Waals surface area (Å²) in [4.78, 5) is 28.0. The minimum Gasteiger partial charge on any atom is -0.507 e. The maximum absolute atomic E-state index is 13.3. The van der Waals surface area contributed by atoms with Gasteiger partial charge in [-0.25, -0.2) is 0 Å². The number of carbonyl (C=O) groups is 2. The summed E-state index contributed by atoms with van der Waals surface area (Å²) < 4.78 is 22.3. The van der Waals surface area contributed by atoms with Gasteiger partial charge in [0.15, 0.2) is 11.5 Å². The van der Waals surface area contributed by atoms with Gasteiger partial charge in [-0.2, -0.15) is 0 Å². The van der Waals surface area contributed by atoms with Crippen molar-refractivity contribution in [3.05, 3.63) is 89.5 Å². The number of Topliss-reactive ketones (excluding diaryl/α,β-unsaturated/α-hetero) is 1. The Kier molecular flexibility index (Phi) is 8.33. The molecule has 1 unspecified atom stereocenters. The summed E-state index contributed by atoms with van der Waals surface area (Å²) in [6.45, 7) is 4.19. The predicted octanol–water partition coefficient (Wildman–Crippen LogP) is 5.34. The lowest BCUT2D eigenvalue weighted by atomic mass is 9.95. The summed E-state index contributed by atoms with van der Waals surface area (Å²) in [5, 5.41) is 11.4.